The van der Waals surface area contributed by atoms with Crippen molar-refractivity contribution >= 4 is 22.4 Å². The Bertz CT molecular complexity index is 537. The average molecular weight is 280 g/mol. The maximum Gasteiger partial charge on any atom is 0.251 e. The number of carbonyl (C=O) groups is 1. The highest BCUT2D eigenvalue weighted by molar-refractivity contribution is 7.15. The van der Waals surface area contributed by atoms with Gasteiger partial charge in [0.1, 0.15) is 12.4 Å². The summed E-state index contributed by atoms with van der Waals surface area (Å²) in [5.41, 5.74) is 0. The molecule has 2 rings (SSSR count). The van der Waals surface area contributed by atoms with Crippen molar-refractivity contribution in [2.24, 2.45) is 5.92 Å². The van der Waals surface area contributed by atoms with Crippen LogP contribution in [-0.2, 0) is 4.79 Å². The lowest BCUT2D eigenvalue weighted by Gasteiger charge is -2.20. The van der Waals surface area contributed by atoms with Gasteiger partial charge in [-0.2, -0.15) is 0 Å². The normalized spacial score (nSPS) is 14.1. The molecule has 1 N–H and O–H groups in total. The molecule has 19 heavy (non-hydrogen) atoms. The highest BCUT2D eigenvalue weighted by Crippen LogP contribution is 2.23. The average Bonchev–Trinajstić information content (AvgIpc) is 3.01. The first-order valence-corrected chi connectivity index (χ1v) is 6.89. The quantitative estimate of drug-likeness (QED) is 0.900. The Morgan fingerprint density at radius 3 is 2.89 bits per heavy atom. The minimum atomic E-state index is -0.427. The van der Waals surface area contributed by atoms with Gasteiger partial charge in [-0.15, -0.1) is 16.4 Å². The molecule has 0 saturated heterocycles. The smallest absolute Gasteiger partial charge is 0.251 e. The van der Waals surface area contributed by atoms with E-state index in [4.69, 9.17) is 0 Å². The van der Waals surface area contributed by atoms with Crippen LogP contribution in [0.5, 0.6) is 0 Å². The number of hydrogen-bond acceptors (Lipinski definition) is 6. The van der Waals surface area contributed by atoms with Gasteiger partial charge in [0, 0.05) is 11.1 Å². The molecule has 2 atom stereocenters. The van der Waals surface area contributed by atoms with Crippen LogP contribution >= 0.6 is 11.3 Å². The Morgan fingerprint density at radius 2 is 2.37 bits per heavy atom. The van der Waals surface area contributed by atoms with Gasteiger partial charge >= 0.3 is 0 Å². The van der Waals surface area contributed by atoms with Crippen LogP contribution in [0.3, 0.4) is 0 Å². The fraction of sp³-hybridized carbons (Fsp3) is 0.545. The van der Waals surface area contributed by atoms with Crippen LogP contribution in [-0.4, -0.2) is 31.1 Å². The third kappa shape index (κ3) is 3.14. The second kappa shape index (κ2) is 5.87. The van der Waals surface area contributed by atoms with Crippen molar-refractivity contribution in [2.45, 2.75) is 33.2 Å². The van der Waals surface area contributed by atoms with Crippen LogP contribution in [0.1, 0.15) is 31.2 Å². The molecule has 0 aliphatic rings. The molecular formula is C11H16N6OS. The van der Waals surface area contributed by atoms with E-state index in [2.05, 4.69) is 25.8 Å². The second-order valence-electron chi connectivity index (χ2n) is 4.39. The highest BCUT2D eigenvalue weighted by atomic mass is 32.1. The number of thiazole rings is 1. The zero-order valence-corrected chi connectivity index (χ0v) is 11.9. The molecule has 0 spiro atoms. The summed E-state index contributed by atoms with van der Waals surface area (Å²) in [6, 6.07) is -0.427. The fourth-order valence-electron chi connectivity index (χ4n) is 1.75. The second-order valence-corrected chi connectivity index (χ2v) is 5.62. The van der Waals surface area contributed by atoms with Crippen molar-refractivity contribution in [1.82, 2.24) is 25.2 Å². The van der Waals surface area contributed by atoms with Crippen LogP contribution in [0.2, 0.25) is 0 Å². The molecule has 0 aromatic carbocycles. The Hall–Kier alpha value is -1.83. The molecule has 0 radical (unpaired) electrons. The van der Waals surface area contributed by atoms with Crippen molar-refractivity contribution in [3.63, 3.8) is 0 Å². The van der Waals surface area contributed by atoms with E-state index in [1.54, 1.807) is 6.20 Å². The molecule has 7 nitrogen and oxygen atoms in total. The van der Waals surface area contributed by atoms with Crippen LogP contribution in [0.15, 0.2) is 12.5 Å². The van der Waals surface area contributed by atoms with Crippen molar-refractivity contribution in [3.05, 3.63) is 17.4 Å². The zero-order valence-electron chi connectivity index (χ0n) is 11.1. The summed E-state index contributed by atoms with van der Waals surface area (Å²) in [6.45, 7) is 5.97. The predicted molar refractivity (Wildman–Crippen MR) is 71.8 cm³/mol. The van der Waals surface area contributed by atoms with Crippen LogP contribution in [0, 0.1) is 12.8 Å². The largest absolute Gasteiger partial charge is 0.300 e. The minimum absolute atomic E-state index is 0.129. The van der Waals surface area contributed by atoms with Gasteiger partial charge in [-0.25, -0.2) is 9.67 Å². The number of nitrogens with zero attached hydrogens (tertiary/aromatic N) is 5. The number of aromatic nitrogens is 5. The number of tetrazole rings is 1. The van der Waals surface area contributed by atoms with E-state index in [0.717, 1.165) is 11.3 Å². The van der Waals surface area contributed by atoms with E-state index in [-0.39, 0.29) is 11.8 Å². The number of amides is 1. The number of aryl methyl sites for hydroxylation is 1. The molecule has 2 aromatic heterocycles. The maximum absolute atomic E-state index is 12.4. The summed E-state index contributed by atoms with van der Waals surface area (Å²) in [6.07, 6.45) is 4.05. The van der Waals surface area contributed by atoms with Crippen LogP contribution in [0.25, 0.3) is 0 Å². The minimum Gasteiger partial charge on any atom is -0.300 e. The van der Waals surface area contributed by atoms with Gasteiger partial charge in [0.05, 0.1) is 0 Å². The monoisotopic (exact) mass is 280 g/mol. The number of nitrogens with one attached hydrogen (secondary N) is 1. The van der Waals surface area contributed by atoms with E-state index in [1.807, 2.05) is 20.8 Å². The maximum atomic E-state index is 12.4. The molecule has 0 unspecified atom stereocenters. The molecule has 0 fully saturated rings. The summed E-state index contributed by atoms with van der Waals surface area (Å²) in [5.74, 6) is -0.0134. The van der Waals surface area contributed by atoms with Gasteiger partial charge < -0.3 is 5.32 Å². The third-order valence-corrected chi connectivity index (χ3v) is 3.78. The lowest BCUT2D eigenvalue weighted by atomic mass is 9.99. The number of rotatable bonds is 5. The van der Waals surface area contributed by atoms with Gasteiger partial charge in [0.15, 0.2) is 5.13 Å². The lowest BCUT2D eigenvalue weighted by molar-refractivity contribution is -0.121. The van der Waals surface area contributed by atoms with Crippen molar-refractivity contribution in [1.29, 1.82) is 0 Å². The number of hydrogen-bond donors (Lipinski definition) is 1. The molecule has 0 saturated carbocycles. The molecule has 8 heteroatoms. The summed E-state index contributed by atoms with van der Waals surface area (Å²) in [4.78, 5) is 17.5. The van der Waals surface area contributed by atoms with Crippen LogP contribution in [0.4, 0.5) is 5.13 Å². The van der Waals surface area contributed by atoms with E-state index in [9.17, 15) is 4.79 Å². The predicted octanol–water partition coefficient (Wildman–Crippen LogP) is 1.66. The van der Waals surface area contributed by atoms with Gasteiger partial charge in [0.2, 0.25) is 0 Å². The first-order valence-electron chi connectivity index (χ1n) is 6.07. The Morgan fingerprint density at radius 1 is 1.58 bits per heavy atom. The van der Waals surface area contributed by atoms with E-state index >= 15 is 0 Å². The molecule has 2 aromatic rings. The van der Waals surface area contributed by atoms with Crippen LogP contribution < -0.4 is 5.32 Å². The molecule has 0 aliphatic carbocycles. The van der Waals surface area contributed by atoms with Crippen molar-refractivity contribution < 1.29 is 4.79 Å². The molecule has 102 valence electrons. The number of carbonyl (C=O) groups excluding carboxylic acids is 1. The topological polar surface area (TPSA) is 85.6 Å². The van der Waals surface area contributed by atoms with Gasteiger partial charge in [0.25, 0.3) is 5.91 Å². The highest BCUT2D eigenvalue weighted by Gasteiger charge is 2.27. The standard InChI is InChI=1S/C11H16N6OS/c1-4-7(2)9(17-6-13-15-16-17)10(18)14-11-12-5-8(3)19-11/h5-7,9H,4H2,1-3H3,(H,12,14,18)/t7-,9-/m0/s1. The summed E-state index contributed by atoms with van der Waals surface area (Å²) in [7, 11) is 0. The fourth-order valence-corrected chi connectivity index (χ4v) is 2.42. The third-order valence-electron chi connectivity index (χ3n) is 2.95. The summed E-state index contributed by atoms with van der Waals surface area (Å²) >= 11 is 1.45. The summed E-state index contributed by atoms with van der Waals surface area (Å²) < 4.78 is 1.49. The van der Waals surface area contributed by atoms with E-state index in [1.165, 1.54) is 22.3 Å². The Labute approximate surface area is 115 Å². The number of anilines is 1. The van der Waals surface area contributed by atoms with Crippen molar-refractivity contribution in [3.8, 4) is 0 Å². The van der Waals surface area contributed by atoms with E-state index in [0.29, 0.717) is 5.13 Å². The van der Waals surface area contributed by atoms with E-state index < -0.39 is 6.04 Å². The zero-order chi connectivity index (χ0) is 13.8. The molecule has 2 heterocycles. The molecular weight excluding hydrogens is 264 g/mol. The first kappa shape index (κ1) is 13.6. The Kier molecular flexibility index (Phi) is 4.20. The SMILES string of the molecule is CC[C@H](C)[C@@H](C(=O)Nc1ncc(C)s1)n1cnnn1. The Balaban J connectivity index is 2.16. The van der Waals surface area contributed by atoms with Crippen molar-refractivity contribution in [2.75, 3.05) is 5.32 Å². The molecule has 0 aliphatic heterocycles. The van der Waals surface area contributed by atoms with Gasteiger partial charge in [-0.3, -0.25) is 4.79 Å². The van der Waals surface area contributed by atoms with Gasteiger partial charge in [-0.1, -0.05) is 20.3 Å². The molecule has 0 bridgehead atoms. The first-order chi connectivity index (χ1) is 9.11. The molecule has 1 amide bonds. The van der Waals surface area contributed by atoms with Gasteiger partial charge in [-0.05, 0) is 23.3 Å². The lowest BCUT2D eigenvalue weighted by Crippen LogP contribution is -2.31. The summed E-state index contributed by atoms with van der Waals surface area (Å²) in [5, 5.41) is 14.4.